The van der Waals surface area contributed by atoms with Crippen LogP contribution in [0.15, 0.2) is 36.5 Å². The highest BCUT2D eigenvalue weighted by atomic mass is 35.5. The van der Waals surface area contributed by atoms with Gasteiger partial charge >= 0.3 is 6.18 Å². The zero-order valence-corrected chi connectivity index (χ0v) is 13.1. The van der Waals surface area contributed by atoms with Gasteiger partial charge in [-0.1, -0.05) is 29.3 Å². The molecule has 2 amide bonds. The Kier molecular flexibility index (Phi) is 5.30. The molecule has 0 spiro atoms. The first-order valence-electron chi connectivity index (χ1n) is 6.28. The van der Waals surface area contributed by atoms with Gasteiger partial charge in [0.2, 0.25) is 0 Å². The average molecular weight is 378 g/mol. The maximum atomic E-state index is 12.4. The molecule has 1 aromatic heterocycles. The molecule has 0 radical (unpaired) electrons. The van der Waals surface area contributed by atoms with Crippen LogP contribution in [-0.4, -0.2) is 16.8 Å². The lowest BCUT2D eigenvalue weighted by Crippen LogP contribution is -2.41. The van der Waals surface area contributed by atoms with Gasteiger partial charge in [-0.05, 0) is 24.3 Å². The van der Waals surface area contributed by atoms with E-state index in [1.807, 2.05) is 5.43 Å². The van der Waals surface area contributed by atoms with Crippen molar-refractivity contribution in [2.24, 2.45) is 0 Å². The summed E-state index contributed by atoms with van der Waals surface area (Å²) in [5.74, 6) is -1.63. The van der Waals surface area contributed by atoms with Gasteiger partial charge in [-0.2, -0.15) is 13.2 Å². The minimum atomic E-state index is -4.61. The second kappa shape index (κ2) is 7.06. The van der Waals surface area contributed by atoms with Crippen LogP contribution in [0.4, 0.5) is 13.2 Å². The zero-order chi connectivity index (χ0) is 17.9. The molecule has 0 saturated carbocycles. The van der Waals surface area contributed by atoms with Crippen LogP contribution in [-0.2, 0) is 6.18 Å². The van der Waals surface area contributed by atoms with Gasteiger partial charge in [0.1, 0.15) is 5.69 Å². The predicted octanol–water partition coefficient (Wildman–Crippen LogP) is 3.48. The van der Waals surface area contributed by atoms with Crippen LogP contribution in [0.25, 0.3) is 0 Å². The van der Waals surface area contributed by atoms with Crippen molar-refractivity contribution in [3.05, 3.63) is 63.4 Å². The molecule has 5 nitrogen and oxygen atoms in total. The van der Waals surface area contributed by atoms with Gasteiger partial charge in [0.25, 0.3) is 11.8 Å². The molecule has 24 heavy (non-hydrogen) atoms. The lowest BCUT2D eigenvalue weighted by molar-refractivity contribution is -0.141. The van der Waals surface area contributed by atoms with Crippen molar-refractivity contribution in [3.8, 4) is 0 Å². The Morgan fingerprint density at radius 2 is 1.54 bits per heavy atom. The molecule has 2 N–H and O–H groups in total. The van der Waals surface area contributed by atoms with Gasteiger partial charge in [-0.15, -0.1) is 0 Å². The summed E-state index contributed by atoms with van der Waals surface area (Å²) in [4.78, 5) is 26.9. The molecule has 126 valence electrons. The van der Waals surface area contributed by atoms with E-state index in [0.29, 0.717) is 6.07 Å². The number of benzene rings is 1. The summed E-state index contributed by atoms with van der Waals surface area (Å²) in [6.45, 7) is 0. The van der Waals surface area contributed by atoms with Crippen molar-refractivity contribution in [2.45, 2.75) is 6.18 Å². The number of aromatic nitrogens is 1. The first kappa shape index (κ1) is 18.0. The second-order valence-corrected chi connectivity index (χ2v) is 5.25. The summed E-state index contributed by atoms with van der Waals surface area (Å²) in [6, 6.07) is 5.99. The van der Waals surface area contributed by atoms with E-state index in [-0.39, 0.29) is 21.2 Å². The monoisotopic (exact) mass is 377 g/mol. The van der Waals surface area contributed by atoms with E-state index >= 15 is 0 Å². The number of hydrogen-bond donors (Lipinski definition) is 2. The second-order valence-electron chi connectivity index (χ2n) is 4.43. The van der Waals surface area contributed by atoms with E-state index in [2.05, 4.69) is 10.4 Å². The third-order valence-electron chi connectivity index (χ3n) is 2.80. The fourth-order valence-corrected chi connectivity index (χ4v) is 2.23. The number of nitrogens with one attached hydrogen (secondary N) is 2. The van der Waals surface area contributed by atoms with Crippen LogP contribution in [0.1, 0.15) is 26.4 Å². The molecule has 0 unspecified atom stereocenters. The summed E-state index contributed by atoms with van der Waals surface area (Å²) in [5, 5.41) is 0.149. The molecule has 0 fully saturated rings. The van der Waals surface area contributed by atoms with Crippen LogP contribution < -0.4 is 10.9 Å². The largest absolute Gasteiger partial charge is 0.433 e. The van der Waals surface area contributed by atoms with Gasteiger partial charge in [0, 0.05) is 6.20 Å². The zero-order valence-electron chi connectivity index (χ0n) is 11.6. The number of carbonyl (C=O) groups excluding carboxylic acids is 2. The van der Waals surface area contributed by atoms with Crippen LogP contribution in [0.3, 0.4) is 0 Å². The van der Waals surface area contributed by atoms with Gasteiger partial charge in [0.05, 0.1) is 21.2 Å². The Hall–Kier alpha value is -2.32. The molecule has 0 aliphatic rings. The van der Waals surface area contributed by atoms with Crippen LogP contribution in [0.2, 0.25) is 10.0 Å². The van der Waals surface area contributed by atoms with Crippen molar-refractivity contribution in [1.82, 2.24) is 15.8 Å². The highest BCUT2D eigenvalue weighted by Gasteiger charge is 2.32. The number of rotatable bonds is 2. The summed E-state index contributed by atoms with van der Waals surface area (Å²) < 4.78 is 37.2. The topological polar surface area (TPSA) is 71.1 Å². The molecule has 0 atom stereocenters. The average Bonchev–Trinajstić information content (AvgIpc) is 2.51. The van der Waals surface area contributed by atoms with Crippen LogP contribution in [0.5, 0.6) is 0 Å². The van der Waals surface area contributed by atoms with Gasteiger partial charge in [0.15, 0.2) is 0 Å². The predicted molar refractivity (Wildman–Crippen MR) is 80.6 cm³/mol. The van der Waals surface area contributed by atoms with E-state index in [4.69, 9.17) is 23.2 Å². The molecule has 2 aromatic rings. The van der Waals surface area contributed by atoms with Gasteiger partial charge < -0.3 is 0 Å². The Morgan fingerprint density at radius 3 is 2.04 bits per heavy atom. The van der Waals surface area contributed by atoms with E-state index in [1.165, 1.54) is 18.2 Å². The number of alkyl halides is 3. The normalized spacial score (nSPS) is 11.0. The van der Waals surface area contributed by atoms with Crippen molar-refractivity contribution in [3.63, 3.8) is 0 Å². The molecule has 0 bridgehead atoms. The minimum absolute atomic E-state index is 0.0494. The molecule has 1 aromatic carbocycles. The van der Waals surface area contributed by atoms with Crippen LogP contribution >= 0.6 is 23.2 Å². The number of hydrogen-bond acceptors (Lipinski definition) is 3. The van der Waals surface area contributed by atoms with Crippen LogP contribution in [0, 0.1) is 0 Å². The highest BCUT2D eigenvalue weighted by molar-refractivity contribution is 6.39. The molecule has 10 heteroatoms. The van der Waals surface area contributed by atoms with E-state index < -0.39 is 23.7 Å². The first-order chi connectivity index (χ1) is 11.2. The Balaban J connectivity index is 2.04. The van der Waals surface area contributed by atoms with Crippen molar-refractivity contribution in [2.75, 3.05) is 0 Å². The molecular weight excluding hydrogens is 370 g/mol. The lowest BCUT2D eigenvalue weighted by atomic mass is 10.2. The van der Waals surface area contributed by atoms with E-state index in [9.17, 15) is 22.8 Å². The summed E-state index contributed by atoms with van der Waals surface area (Å²) >= 11 is 11.7. The Labute approximate surface area is 143 Å². The number of halogens is 5. The fourth-order valence-electron chi connectivity index (χ4n) is 1.66. The molecule has 0 saturated heterocycles. The number of carbonyl (C=O) groups is 2. The standard InChI is InChI=1S/C14H8Cl2F3N3O2/c15-8-2-1-3-9(16)11(8)13(24)22-21-12(23)7-4-5-10(20-6-7)14(17,18)19/h1-6H,(H,21,23)(H,22,24). The summed E-state index contributed by atoms with van der Waals surface area (Å²) in [6.07, 6.45) is -3.86. The Morgan fingerprint density at radius 1 is 0.958 bits per heavy atom. The van der Waals surface area contributed by atoms with Gasteiger partial charge in [-0.25, -0.2) is 0 Å². The third kappa shape index (κ3) is 4.15. The van der Waals surface area contributed by atoms with Crippen molar-refractivity contribution >= 4 is 35.0 Å². The number of pyridine rings is 1. The number of amides is 2. The fraction of sp³-hybridized carbons (Fsp3) is 0.0714. The Bertz CT molecular complexity index is 760. The third-order valence-corrected chi connectivity index (χ3v) is 3.43. The minimum Gasteiger partial charge on any atom is -0.267 e. The van der Waals surface area contributed by atoms with E-state index in [0.717, 1.165) is 12.3 Å². The maximum absolute atomic E-state index is 12.4. The SMILES string of the molecule is O=C(NNC(=O)c1c(Cl)cccc1Cl)c1ccc(C(F)(F)F)nc1. The summed E-state index contributed by atoms with van der Waals surface area (Å²) in [5.41, 5.74) is 2.74. The van der Waals surface area contributed by atoms with Crippen molar-refractivity contribution in [1.29, 1.82) is 0 Å². The number of hydrazine groups is 1. The molecular formula is C14H8Cl2F3N3O2. The molecule has 0 aliphatic heterocycles. The molecule has 2 rings (SSSR count). The van der Waals surface area contributed by atoms with Gasteiger partial charge in [-0.3, -0.25) is 25.4 Å². The maximum Gasteiger partial charge on any atom is 0.433 e. The smallest absolute Gasteiger partial charge is 0.267 e. The highest BCUT2D eigenvalue weighted by Crippen LogP contribution is 2.27. The molecule has 0 aliphatic carbocycles. The number of nitrogens with zero attached hydrogens (tertiary/aromatic N) is 1. The van der Waals surface area contributed by atoms with Crippen molar-refractivity contribution < 1.29 is 22.8 Å². The lowest BCUT2D eigenvalue weighted by Gasteiger charge is -2.10. The van der Waals surface area contributed by atoms with E-state index in [1.54, 1.807) is 0 Å². The quantitative estimate of drug-likeness (QED) is 0.787. The summed E-state index contributed by atoms with van der Waals surface area (Å²) in [7, 11) is 0. The molecule has 1 heterocycles. The first-order valence-corrected chi connectivity index (χ1v) is 7.03.